The minimum atomic E-state index is -0.840. The second kappa shape index (κ2) is 6.10. The van der Waals surface area contributed by atoms with Crippen molar-refractivity contribution in [2.45, 2.75) is 57.4 Å². The van der Waals surface area contributed by atoms with E-state index in [4.69, 9.17) is 0 Å². The molecule has 0 radical (unpaired) electrons. The summed E-state index contributed by atoms with van der Waals surface area (Å²) in [4.78, 5) is 11.9. The summed E-state index contributed by atoms with van der Waals surface area (Å²) in [5, 5.41) is 13.5. The third kappa shape index (κ3) is 2.59. The van der Waals surface area contributed by atoms with Crippen molar-refractivity contribution in [2.75, 3.05) is 5.32 Å². The first-order valence-corrected chi connectivity index (χ1v) is 10.6. The number of carbonyl (C=O) groups is 1. The lowest BCUT2D eigenvalue weighted by Gasteiger charge is -2.44. The molecule has 3 nitrogen and oxygen atoms in total. The largest absolute Gasteiger partial charge is 0.478 e. The Balaban J connectivity index is 1.60. The molecule has 28 heavy (non-hydrogen) atoms. The van der Waals surface area contributed by atoms with E-state index < -0.39 is 5.97 Å². The molecule has 5 unspecified atom stereocenters. The minimum absolute atomic E-state index is 0.135. The quantitative estimate of drug-likeness (QED) is 0.679. The van der Waals surface area contributed by atoms with Crippen molar-refractivity contribution < 1.29 is 9.90 Å². The summed E-state index contributed by atoms with van der Waals surface area (Å²) in [6, 6.07) is 15.0. The molecule has 1 aliphatic heterocycles. The van der Waals surface area contributed by atoms with Crippen LogP contribution in [0.2, 0.25) is 0 Å². The van der Waals surface area contributed by atoms with Gasteiger partial charge >= 0.3 is 5.97 Å². The molecule has 2 aromatic carbocycles. The van der Waals surface area contributed by atoms with Gasteiger partial charge in [-0.1, -0.05) is 57.2 Å². The van der Waals surface area contributed by atoms with Crippen LogP contribution in [0.4, 0.5) is 5.69 Å². The van der Waals surface area contributed by atoms with Crippen LogP contribution >= 0.6 is 0 Å². The maximum absolute atomic E-state index is 11.9. The van der Waals surface area contributed by atoms with Crippen molar-refractivity contribution in [1.29, 1.82) is 0 Å². The molecule has 0 amide bonds. The Labute approximate surface area is 167 Å². The highest BCUT2D eigenvalue weighted by Crippen LogP contribution is 2.64. The van der Waals surface area contributed by atoms with Gasteiger partial charge in [0.1, 0.15) is 0 Å². The maximum atomic E-state index is 11.9. The first kappa shape index (κ1) is 17.8. The van der Waals surface area contributed by atoms with Gasteiger partial charge in [0, 0.05) is 0 Å². The van der Waals surface area contributed by atoms with Crippen LogP contribution in [-0.4, -0.2) is 11.1 Å². The van der Waals surface area contributed by atoms with Gasteiger partial charge in [-0.15, -0.1) is 0 Å². The normalized spacial score (nSPS) is 30.5. The average molecular weight is 376 g/mol. The van der Waals surface area contributed by atoms with Crippen LogP contribution in [0.1, 0.15) is 79.0 Å². The Morgan fingerprint density at radius 2 is 1.75 bits per heavy atom. The fraction of sp³-hybridized carbons (Fsp3) is 0.480. The van der Waals surface area contributed by atoms with Crippen molar-refractivity contribution in [1.82, 2.24) is 0 Å². The number of fused-ring (bicyclic) bond motifs is 7. The first-order valence-electron chi connectivity index (χ1n) is 10.6. The zero-order valence-corrected chi connectivity index (χ0v) is 16.9. The van der Waals surface area contributed by atoms with E-state index in [9.17, 15) is 9.90 Å². The van der Waals surface area contributed by atoms with E-state index in [1.165, 1.54) is 36.0 Å². The fourth-order valence-electron chi connectivity index (χ4n) is 6.21. The standard InChI is InChI=1S/C25H29NO2/c1-25(2,3)17-11-9-14(10-12-17)22-21-16-8-7-15(13-16)20(21)18-5-4-6-19(24(27)28)23(18)26-22/h4-6,9-12,15-16,20-22,26H,7-8,13H2,1-3H3,(H,27,28). The zero-order chi connectivity index (χ0) is 19.6. The molecular weight excluding hydrogens is 346 g/mol. The smallest absolute Gasteiger partial charge is 0.337 e. The number of anilines is 1. The molecule has 2 aliphatic carbocycles. The number of benzene rings is 2. The third-order valence-electron chi connectivity index (χ3n) is 7.49. The highest BCUT2D eigenvalue weighted by Gasteiger charge is 2.54. The predicted octanol–water partition coefficient (Wildman–Crippen LogP) is 5.98. The molecule has 1 heterocycles. The molecule has 3 heteroatoms. The summed E-state index contributed by atoms with van der Waals surface area (Å²) in [7, 11) is 0. The van der Waals surface area contributed by atoms with Gasteiger partial charge in [-0.25, -0.2) is 4.79 Å². The first-order chi connectivity index (χ1) is 13.3. The van der Waals surface area contributed by atoms with Gasteiger partial charge in [-0.2, -0.15) is 0 Å². The second-order valence-corrected chi connectivity index (χ2v) is 10.0. The monoisotopic (exact) mass is 375 g/mol. The van der Waals surface area contributed by atoms with Crippen molar-refractivity contribution in [3.05, 3.63) is 64.7 Å². The average Bonchev–Trinajstić information content (AvgIpc) is 3.28. The number of hydrogen-bond acceptors (Lipinski definition) is 2. The minimum Gasteiger partial charge on any atom is -0.478 e. The lowest BCUT2D eigenvalue weighted by Crippen LogP contribution is -2.36. The van der Waals surface area contributed by atoms with E-state index in [-0.39, 0.29) is 11.5 Å². The summed E-state index contributed by atoms with van der Waals surface area (Å²) < 4.78 is 0. The van der Waals surface area contributed by atoms with E-state index in [1.807, 2.05) is 6.07 Å². The second-order valence-electron chi connectivity index (χ2n) is 10.0. The summed E-state index contributed by atoms with van der Waals surface area (Å²) >= 11 is 0. The Morgan fingerprint density at radius 1 is 1.04 bits per heavy atom. The SMILES string of the molecule is CC(C)(C)c1ccc(C2Nc3c(C(=O)O)cccc3C3C4CCC(C4)C23)cc1. The molecule has 5 atom stereocenters. The van der Waals surface area contributed by atoms with E-state index in [0.29, 0.717) is 23.3 Å². The lowest BCUT2D eigenvalue weighted by atomic mass is 9.67. The molecule has 2 aromatic rings. The van der Waals surface area contributed by atoms with Crippen LogP contribution in [0.25, 0.3) is 0 Å². The molecule has 2 bridgehead atoms. The van der Waals surface area contributed by atoms with Gasteiger partial charge < -0.3 is 10.4 Å². The van der Waals surface area contributed by atoms with Gasteiger partial charge in [0.2, 0.25) is 0 Å². The molecule has 2 saturated carbocycles. The molecule has 5 rings (SSSR count). The Hall–Kier alpha value is -2.29. The highest BCUT2D eigenvalue weighted by atomic mass is 16.4. The Morgan fingerprint density at radius 3 is 2.43 bits per heavy atom. The number of nitrogens with one attached hydrogen (secondary N) is 1. The van der Waals surface area contributed by atoms with E-state index in [2.05, 4.69) is 56.4 Å². The molecule has 0 spiro atoms. The number of hydrogen-bond donors (Lipinski definition) is 2. The Bertz CT molecular complexity index is 925. The number of rotatable bonds is 2. The topological polar surface area (TPSA) is 49.3 Å². The van der Waals surface area contributed by atoms with E-state index in [1.54, 1.807) is 6.07 Å². The summed E-state index contributed by atoms with van der Waals surface area (Å²) in [5.74, 6) is 1.66. The van der Waals surface area contributed by atoms with Crippen molar-refractivity contribution in [3.63, 3.8) is 0 Å². The number of para-hydroxylation sites is 1. The molecule has 0 aromatic heterocycles. The van der Waals surface area contributed by atoms with Gasteiger partial charge in [-0.05, 0) is 71.1 Å². The molecule has 0 saturated heterocycles. The van der Waals surface area contributed by atoms with E-state index in [0.717, 1.165) is 11.6 Å². The van der Waals surface area contributed by atoms with Crippen LogP contribution in [0, 0.1) is 17.8 Å². The van der Waals surface area contributed by atoms with E-state index >= 15 is 0 Å². The molecular formula is C25H29NO2. The molecule has 2 fully saturated rings. The summed E-state index contributed by atoms with van der Waals surface area (Å²) in [5.41, 5.74) is 5.27. The van der Waals surface area contributed by atoms with Crippen LogP contribution in [-0.2, 0) is 5.41 Å². The van der Waals surface area contributed by atoms with Crippen LogP contribution in [0.5, 0.6) is 0 Å². The van der Waals surface area contributed by atoms with Crippen LogP contribution < -0.4 is 5.32 Å². The predicted molar refractivity (Wildman–Crippen MR) is 112 cm³/mol. The van der Waals surface area contributed by atoms with Crippen molar-refractivity contribution in [2.24, 2.45) is 17.8 Å². The van der Waals surface area contributed by atoms with Gasteiger partial charge in [0.15, 0.2) is 0 Å². The van der Waals surface area contributed by atoms with Crippen molar-refractivity contribution in [3.8, 4) is 0 Å². The van der Waals surface area contributed by atoms with Gasteiger partial charge in [-0.3, -0.25) is 0 Å². The Kier molecular flexibility index (Phi) is 3.88. The van der Waals surface area contributed by atoms with Gasteiger partial charge in [0.05, 0.1) is 17.3 Å². The third-order valence-corrected chi connectivity index (χ3v) is 7.49. The summed E-state index contributed by atoms with van der Waals surface area (Å²) in [6.45, 7) is 6.71. The fourth-order valence-corrected chi connectivity index (χ4v) is 6.21. The van der Waals surface area contributed by atoms with Crippen LogP contribution in [0.3, 0.4) is 0 Å². The lowest BCUT2D eigenvalue weighted by molar-refractivity contribution is 0.0697. The number of carboxylic acid groups (broad SMARTS) is 1. The van der Waals surface area contributed by atoms with Crippen LogP contribution in [0.15, 0.2) is 42.5 Å². The summed E-state index contributed by atoms with van der Waals surface area (Å²) in [6.07, 6.45) is 3.90. The number of carboxylic acids is 1. The maximum Gasteiger partial charge on any atom is 0.337 e. The zero-order valence-electron chi connectivity index (χ0n) is 16.9. The molecule has 146 valence electrons. The van der Waals surface area contributed by atoms with Gasteiger partial charge in [0.25, 0.3) is 0 Å². The number of aromatic carboxylic acids is 1. The molecule has 3 aliphatic rings. The highest BCUT2D eigenvalue weighted by molar-refractivity contribution is 5.95. The molecule has 2 N–H and O–H groups in total. The van der Waals surface area contributed by atoms with Crippen molar-refractivity contribution >= 4 is 11.7 Å².